The first-order chi connectivity index (χ1) is 7.31. The van der Waals surface area contributed by atoms with Gasteiger partial charge in [-0.05, 0) is 6.92 Å². The molecular weight excluding hydrogens is 190 g/mol. The minimum atomic E-state index is 0.479. The molecule has 5 nitrogen and oxygen atoms in total. The SMILES string of the molecule is Cc1nnc(NN)c(-c2ccccc2)n1. The van der Waals surface area contributed by atoms with Crippen LogP contribution >= 0.6 is 0 Å². The van der Waals surface area contributed by atoms with Gasteiger partial charge in [-0.3, -0.25) is 0 Å². The van der Waals surface area contributed by atoms with Gasteiger partial charge >= 0.3 is 0 Å². The van der Waals surface area contributed by atoms with E-state index in [1.807, 2.05) is 30.3 Å². The van der Waals surface area contributed by atoms with E-state index in [9.17, 15) is 0 Å². The van der Waals surface area contributed by atoms with Crippen LogP contribution in [0.4, 0.5) is 5.82 Å². The predicted molar refractivity (Wildman–Crippen MR) is 57.8 cm³/mol. The summed E-state index contributed by atoms with van der Waals surface area (Å²) in [6, 6.07) is 9.72. The van der Waals surface area contributed by atoms with Crippen molar-refractivity contribution < 1.29 is 0 Å². The minimum absolute atomic E-state index is 0.479. The van der Waals surface area contributed by atoms with E-state index in [4.69, 9.17) is 5.84 Å². The molecule has 0 aliphatic carbocycles. The molecule has 0 bridgehead atoms. The van der Waals surface area contributed by atoms with Crippen molar-refractivity contribution in [2.24, 2.45) is 5.84 Å². The predicted octanol–water partition coefficient (Wildman–Crippen LogP) is 1.13. The number of hydrogen-bond donors (Lipinski definition) is 2. The van der Waals surface area contributed by atoms with Crippen molar-refractivity contribution in [3.8, 4) is 11.3 Å². The molecule has 1 aromatic heterocycles. The highest BCUT2D eigenvalue weighted by Gasteiger charge is 2.07. The molecule has 5 heteroatoms. The Hall–Kier alpha value is -2.01. The number of rotatable bonds is 2. The van der Waals surface area contributed by atoms with E-state index < -0.39 is 0 Å². The molecule has 0 atom stereocenters. The molecule has 1 heterocycles. The van der Waals surface area contributed by atoms with Crippen LogP contribution in [0, 0.1) is 6.92 Å². The van der Waals surface area contributed by atoms with Crippen LogP contribution in [0.5, 0.6) is 0 Å². The van der Waals surface area contributed by atoms with Gasteiger partial charge in [-0.2, -0.15) is 0 Å². The van der Waals surface area contributed by atoms with Crippen LogP contribution in [0.15, 0.2) is 30.3 Å². The monoisotopic (exact) mass is 201 g/mol. The summed E-state index contributed by atoms with van der Waals surface area (Å²) < 4.78 is 0. The maximum absolute atomic E-state index is 5.35. The Balaban J connectivity index is 2.56. The fraction of sp³-hybridized carbons (Fsp3) is 0.100. The molecule has 0 aliphatic heterocycles. The zero-order valence-corrected chi connectivity index (χ0v) is 8.31. The molecule has 0 saturated heterocycles. The summed E-state index contributed by atoms with van der Waals surface area (Å²) in [6.07, 6.45) is 0. The molecule has 2 rings (SSSR count). The van der Waals surface area contributed by atoms with E-state index >= 15 is 0 Å². The lowest BCUT2D eigenvalue weighted by atomic mass is 10.1. The summed E-state index contributed by atoms with van der Waals surface area (Å²) in [5.74, 6) is 6.44. The van der Waals surface area contributed by atoms with Gasteiger partial charge < -0.3 is 5.43 Å². The van der Waals surface area contributed by atoms with E-state index in [0.717, 1.165) is 5.56 Å². The number of nitrogens with two attached hydrogens (primary N) is 1. The number of hydrazine groups is 1. The van der Waals surface area contributed by atoms with Crippen LogP contribution in [0.2, 0.25) is 0 Å². The Labute approximate surface area is 87.3 Å². The zero-order valence-electron chi connectivity index (χ0n) is 8.31. The second-order valence-electron chi connectivity index (χ2n) is 3.07. The van der Waals surface area contributed by atoms with Gasteiger partial charge in [0.2, 0.25) is 0 Å². The number of nitrogens with zero attached hydrogens (tertiary/aromatic N) is 3. The first kappa shape index (κ1) is 9.54. The molecule has 3 N–H and O–H groups in total. The third kappa shape index (κ3) is 1.92. The molecular formula is C10H11N5. The van der Waals surface area contributed by atoms with E-state index in [2.05, 4.69) is 20.6 Å². The number of anilines is 1. The number of nitrogen functional groups attached to an aromatic ring is 1. The molecule has 2 aromatic rings. The topological polar surface area (TPSA) is 76.7 Å². The fourth-order valence-electron chi connectivity index (χ4n) is 1.30. The average Bonchev–Trinajstić information content (AvgIpc) is 2.30. The van der Waals surface area contributed by atoms with Gasteiger partial charge in [-0.25, -0.2) is 10.8 Å². The highest BCUT2D eigenvalue weighted by atomic mass is 15.3. The van der Waals surface area contributed by atoms with Gasteiger partial charge in [0.05, 0.1) is 0 Å². The van der Waals surface area contributed by atoms with Crippen LogP contribution in [0.25, 0.3) is 11.3 Å². The van der Waals surface area contributed by atoms with Gasteiger partial charge in [-0.1, -0.05) is 30.3 Å². The van der Waals surface area contributed by atoms with Crippen LogP contribution in [-0.2, 0) is 0 Å². The maximum Gasteiger partial charge on any atom is 0.189 e. The summed E-state index contributed by atoms with van der Waals surface area (Å²) in [5, 5.41) is 7.76. The second kappa shape index (κ2) is 4.02. The van der Waals surface area contributed by atoms with Crippen molar-refractivity contribution in [1.29, 1.82) is 0 Å². The Bertz CT molecular complexity index is 455. The van der Waals surface area contributed by atoms with E-state index in [0.29, 0.717) is 17.3 Å². The molecule has 0 unspecified atom stereocenters. The van der Waals surface area contributed by atoms with E-state index in [1.165, 1.54) is 0 Å². The van der Waals surface area contributed by atoms with Crippen LogP contribution in [-0.4, -0.2) is 15.2 Å². The Morgan fingerprint density at radius 1 is 1.13 bits per heavy atom. The molecule has 1 aromatic carbocycles. The van der Waals surface area contributed by atoms with Crippen molar-refractivity contribution in [2.45, 2.75) is 6.92 Å². The molecule has 0 aliphatic rings. The van der Waals surface area contributed by atoms with Gasteiger partial charge in [0.25, 0.3) is 0 Å². The molecule has 15 heavy (non-hydrogen) atoms. The van der Waals surface area contributed by atoms with Crippen molar-refractivity contribution >= 4 is 5.82 Å². The number of nitrogens with one attached hydrogen (secondary N) is 1. The van der Waals surface area contributed by atoms with Crippen LogP contribution < -0.4 is 11.3 Å². The molecule has 0 radical (unpaired) electrons. The highest BCUT2D eigenvalue weighted by Crippen LogP contribution is 2.21. The molecule has 76 valence electrons. The normalized spacial score (nSPS) is 10.0. The number of aromatic nitrogens is 3. The highest BCUT2D eigenvalue weighted by molar-refractivity contribution is 5.70. The van der Waals surface area contributed by atoms with Gasteiger partial charge in [0.1, 0.15) is 11.5 Å². The number of benzene rings is 1. The lowest BCUT2D eigenvalue weighted by Crippen LogP contribution is -2.12. The zero-order chi connectivity index (χ0) is 10.7. The third-order valence-electron chi connectivity index (χ3n) is 1.98. The molecule has 0 amide bonds. The summed E-state index contributed by atoms with van der Waals surface area (Å²) in [5.41, 5.74) is 4.16. The molecule has 0 fully saturated rings. The van der Waals surface area contributed by atoms with Crippen molar-refractivity contribution in [3.05, 3.63) is 36.2 Å². The quantitative estimate of drug-likeness (QED) is 0.562. The Morgan fingerprint density at radius 2 is 1.87 bits per heavy atom. The van der Waals surface area contributed by atoms with Gasteiger partial charge in [0, 0.05) is 5.56 Å². The first-order valence-corrected chi connectivity index (χ1v) is 4.54. The fourth-order valence-corrected chi connectivity index (χ4v) is 1.30. The minimum Gasteiger partial charge on any atom is -0.305 e. The second-order valence-corrected chi connectivity index (χ2v) is 3.07. The largest absolute Gasteiger partial charge is 0.305 e. The molecule has 0 spiro atoms. The first-order valence-electron chi connectivity index (χ1n) is 4.54. The number of aryl methyl sites for hydroxylation is 1. The standard InChI is InChI=1S/C10H11N5/c1-7-12-9(10(13-11)15-14-7)8-5-3-2-4-6-8/h2-6H,11H2,1H3,(H,13,15). The molecule has 0 saturated carbocycles. The summed E-state index contributed by atoms with van der Waals surface area (Å²) >= 11 is 0. The lowest BCUT2D eigenvalue weighted by Gasteiger charge is -2.06. The van der Waals surface area contributed by atoms with Crippen molar-refractivity contribution in [3.63, 3.8) is 0 Å². The van der Waals surface area contributed by atoms with Crippen molar-refractivity contribution in [2.75, 3.05) is 5.43 Å². The summed E-state index contributed by atoms with van der Waals surface area (Å²) in [7, 11) is 0. The summed E-state index contributed by atoms with van der Waals surface area (Å²) in [4.78, 5) is 4.30. The van der Waals surface area contributed by atoms with Gasteiger partial charge in [0.15, 0.2) is 5.82 Å². The van der Waals surface area contributed by atoms with E-state index in [-0.39, 0.29) is 0 Å². The lowest BCUT2D eigenvalue weighted by molar-refractivity contribution is 0.911. The number of hydrogen-bond acceptors (Lipinski definition) is 5. The Kier molecular flexibility index (Phi) is 2.55. The third-order valence-corrected chi connectivity index (χ3v) is 1.98. The average molecular weight is 201 g/mol. The van der Waals surface area contributed by atoms with Crippen LogP contribution in [0.1, 0.15) is 5.82 Å². The summed E-state index contributed by atoms with van der Waals surface area (Å²) in [6.45, 7) is 1.79. The van der Waals surface area contributed by atoms with Crippen LogP contribution in [0.3, 0.4) is 0 Å². The van der Waals surface area contributed by atoms with Crippen molar-refractivity contribution in [1.82, 2.24) is 15.2 Å². The maximum atomic E-state index is 5.35. The Morgan fingerprint density at radius 3 is 2.53 bits per heavy atom. The van der Waals surface area contributed by atoms with Gasteiger partial charge in [-0.15, -0.1) is 10.2 Å². The smallest absolute Gasteiger partial charge is 0.189 e. The van der Waals surface area contributed by atoms with E-state index in [1.54, 1.807) is 6.92 Å².